The van der Waals surface area contributed by atoms with Crippen LogP contribution < -0.4 is 11.1 Å². The first kappa shape index (κ1) is 52.0. The fraction of sp³-hybridized carbons (Fsp3) is 0.571. The minimum Gasteiger partial charge on any atom is -0.480 e. The van der Waals surface area contributed by atoms with E-state index in [4.69, 9.17) is 10.5 Å². The van der Waals surface area contributed by atoms with Gasteiger partial charge in [0.1, 0.15) is 12.1 Å². The third-order valence-corrected chi connectivity index (χ3v) is 8.87. The number of nitrogens with one attached hydrogen (secondary N) is 1. The maximum Gasteiger partial charge on any atom is 0.326 e. The van der Waals surface area contributed by atoms with Crippen LogP contribution in [-0.2, 0) is 19.1 Å². The van der Waals surface area contributed by atoms with Crippen LogP contribution in [0.2, 0.25) is 0 Å². The molecule has 0 fully saturated rings. The first-order valence-corrected chi connectivity index (χ1v) is 21.7. The molecule has 2 atom stereocenters. The van der Waals surface area contributed by atoms with Gasteiger partial charge in [0.15, 0.2) is 0 Å². The molecule has 0 aromatic carbocycles. The fourth-order valence-corrected chi connectivity index (χ4v) is 5.69. The van der Waals surface area contributed by atoms with Gasteiger partial charge in [-0.05, 0) is 122 Å². The van der Waals surface area contributed by atoms with Crippen molar-refractivity contribution in [3.05, 3.63) is 109 Å². The lowest BCUT2D eigenvalue weighted by Crippen LogP contribution is -2.40. The maximum atomic E-state index is 12.7. The molecule has 0 saturated carbocycles. The van der Waals surface area contributed by atoms with Crippen LogP contribution >= 0.6 is 0 Å². The van der Waals surface area contributed by atoms with E-state index in [-0.39, 0.29) is 24.4 Å². The van der Waals surface area contributed by atoms with Crippen LogP contribution in [0.5, 0.6) is 0 Å². The van der Waals surface area contributed by atoms with E-state index in [0.29, 0.717) is 25.8 Å². The van der Waals surface area contributed by atoms with Crippen molar-refractivity contribution in [2.45, 2.75) is 174 Å². The highest BCUT2D eigenvalue weighted by Gasteiger charge is 2.19. The van der Waals surface area contributed by atoms with E-state index in [2.05, 4.69) is 116 Å². The summed E-state index contributed by atoms with van der Waals surface area (Å²) < 4.78 is 5.96. The fourth-order valence-electron chi connectivity index (χ4n) is 5.69. The number of aliphatic carboxylic acids is 1. The molecule has 1 amide bonds. The van der Waals surface area contributed by atoms with Crippen molar-refractivity contribution in [1.82, 2.24) is 5.32 Å². The van der Waals surface area contributed by atoms with Gasteiger partial charge in [-0.1, -0.05) is 142 Å². The van der Waals surface area contributed by atoms with Gasteiger partial charge >= 0.3 is 11.9 Å². The van der Waals surface area contributed by atoms with Crippen LogP contribution in [0, 0.1) is 0 Å². The Morgan fingerprint density at radius 2 is 0.964 bits per heavy atom. The van der Waals surface area contributed by atoms with E-state index < -0.39 is 12.0 Å². The van der Waals surface area contributed by atoms with Crippen molar-refractivity contribution in [1.29, 1.82) is 0 Å². The van der Waals surface area contributed by atoms with E-state index in [1.54, 1.807) is 0 Å². The number of amides is 1. The number of hydrogen-bond acceptors (Lipinski definition) is 5. The highest BCUT2D eigenvalue weighted by Crippen LogP contribution is 2.17. The Hall–Kier alpha value is -3.97. The Bertz CT molecular complexity index is 1240. The molecule has 0 aromatic heterocycles. The topological polar surface area (TPSA) is 119 Å². The van der Waals surface area contributed by atoms with Crippen LogP contribution in [0.25, 0.3) is 0 Å². The van der Waals surface area contributed by atoms with Gasteiger partial charge < -0.3 is 20.9 Å². The summed E-state index contributed by atoms with van der Waals surface area (Å²) in [5, 5.41) is 11.9. The lowest BCUT2D eigenvalue weighted by atomic mass is 10.0. The van der Waals surface area contributed by atoms with Gasteiger partial charge in [-0.3, -0.25) is 9.59 Å². The predicted molar refractivity (Wildman–Crippen MR) is 238 cm³/mol. The molecular formula is C49H78N2O5. The number of esters is 1. The van der Waals surface area contributed by atoms with E-state index >= 15 is 0 Å². The van der Waals surface area contributed by atoms with Gasteiger partial charge in [-0.2, -0.15) is 0 Å². The number of carbonyl (C=O) groups excluding carboxylic acids is 2. The lowest BCUT2D eigenvalue weighted by molar-refractivity contribution is -0.148. The second-order valence-corrected chi connectivity index (χ2v) is 14.0. The number of allylic oxidation sites excluding steroid dienone is 17. The number of rotatable bonds is 37. The number of carboxylic acid groups (broad SMARTS) is 1. The summed E-state index contributed by atoms with van der Waals surface area (Å²) in [7, 11) is 0. The predicted octanol–water partition coefficient (Wildman–Crippen LogP) is 12.4. The van der Waals surface area contributed by atoms with Crippen molar-refractivity contribution in [2.24, 2.45) is 5.73 Å². The molecule has 0 saturated heterocycles. The second kappa shape index (κ2) is 42.2. The van der Waals surface area contributed by atoms with Crippen molar-refractivity contribution >= 4 is 17.8 Å². The van der Waals surface area contributed by atoms with Gasteiger partial charge in [0, 0.05) is 6.42 Å². The smallest absolute Gasteiger partial charge is 0.326 e. The number of unbranched alkanes of at least 4 members (excludes halogenated alkanes) is 6. The third-order valence-electron chi connectivity index (χ3n) is 8.87. The summed E-state index contributed by atoms with van der Waals surface area (Å²) in [6, 6.07) is -0.874. The zero-order chi connectivity index (χ0) is 41.0. The standard InChI is InChI=1S/C49H78N2O5/c1-3-5-7-9-11-13-15-17-19-21-23-25-27-30-34-39-45(40-35-31-29-32-36-42-47(52)51-46(49(54)55)41-38-44-50)56-48(53)43-37-33-28-26-24-22-20-18-16-14-12-10-8-6-4-2/h5-8,11-14,17-20,23-26,33,37,45-46H,3-4,9-10,15-16,21-22,27-32,34-36,38-44,50H2,1-2H3,(H,51,52)(H,54,55)/b7-5-,8-6-,13-11-,14-12-,19-17-,20-18-,25-23-,26-24-,37-33-. The van der Waals surface area contributed by atoms with Crippen molar-refractivity contribution in [3.63, 3.8) is 0 Å². The van der Waals surface area contributed by atoms with Crippen LogP contribution in [0.3, 0.4) is 0 Å². The van der Waals surface area contributed by atoms with E-state index in [0.717, 1.165) is 122 Å². The van der Waals surface area contributed by atoms with Crippen LogP contribution in [0.1, 0.15) is 162 Å². The van der Waals surface area contributed by atoms with Gasteiger partial charge in [0.05, 0.1) is 6.42 Å². The molecule has 0 heterocycles. The van der Waals surface area contributed by atoms with Gasteiger partial charge in [-0.15, -0.1) is 0 Å². The molecule has 7 nitrogen and oxygen atoms in total. The minimum absolute atomic E-state index is 0.0880. The number of hydrogen-bond donors (Lipinski definition) is 3. The van der Waals surface area contributed by atoms with Crippen molar-refractivity contribution in [3.8, 4) is 0 Å². The average molecular weight is 775 g/mol. The molecule has 0 aromatic rings. The number of carbonyl (C=O) groups is 3. The van der Waals surface area contributed by atoms with Crippen molar-refractivity contribution < 1.29 is 24.2 Å². The summed E-state index contributed by atoms with van der Waals surface area (Å²) in [6.45, 7) is 4.69. The van der Waals surface area contributed by atoms with E-state index in [9.17, 15) is 19.5 Å². The molecule has 2 unspecified atom stereocenters. The third kappa shape index (κ3) is 38.3. The summed E-state index contributed by atoms with van der Waals surface area (Å²) in [6.07, 6.45) is 58.5. The molecule has 0 spiro atoms. The highest BCUT2D eigenvalue weighted by molar-refractivity contribution is 5.83. The molecule has 0 radical (unpaired) electrons. The zero-order valence-electron chi connectivity index (χ0n) is 35.2. The summed E-state index contributed by atoms with van der Waals surface area (Å²) in [5.74, 6) is -1.42. The molecule has 56 heavy (non-hydrogen) atoms. The van der Waals surface area contributed by atoms with Crippen LogP contribution in [-0.4, -0.2) is 41.6 Å². The van der Waals surface area contributed by atoms with Crippen LogP contribution in [0.4, 0.5) is 0 Å². The molecule has 0 aliphatic heterocycles. The first-order valence-electron chi connectivity index (χ1n) is 21.7. The molecule has 0 rings (SSSR count). The second-order valence-electron chi connectivity index (χ2n) is 14.0. The first-order chi connectivity index (χ1) is 27.4. The molecule has 0 bridgehead atoms. The molecule has 314 valence electrons. The Morgan fingerprint density at radius 1 is 0.536 bits per heavy atom. The number of ether oxygens (including phenoxy) is 1. The van der Waals surface area contributed by atoms with Crippen molar-refractivity contribution in [2.75, 3.05) is 6.54 Å². The summed E-state index contributed by atoms with van der Waals surface area (Å²) in [4.78, 5) is 36.3. The zero-order valence-corrected chi connectivity index (χ0v) is 35.2. The maximum absolute atomic E-state index is 12.7. The molecular weight excluding hydrogens is 697 g/mol. The van der Waals surface area contributed by atoms with Gasteiger partial charge in [0.2, 0.25) is 5.91 Å². The Kier molecular flexibility index (Phi) is 39.2. The summed E-state index contributed by atoms with van der Waals surface area (Å²) in [5.41, 5.74) is 5.48. The summed E-state index contributed by atoms with van der Waals surface area (Å²) >= 11 is 0. The van der Waals surface area contributed by atoms with Crippen LogP contribution in [0.15, 0.2) is 109 Å². The van der Waals surface area contributed by atoms with E-state index in [1.165, 1.54) is 0 Å². The lowest BCUT2D eigenvalue weighted by Gasteiger charge is -2.17. The van der Waals surface area contributed by atoms with E-state index in [1.807, 2.05) is 12.2 Å². The minimum atomic E-state index is -1.02. The van der Waals surface area contributed by atoms with Gasteiger partial charge in [0.25, 0.3) is 0 Å². The number of nitrogens with two attached hydrogens (primary N) is 1. The molecule has 4 N–H and O–H groups in total. The Labute approximate surface area is 341 Å². The quantitative estimate of drug-likeness (QED) is 0.0328. The molecule has 7 heteroatoms. The largest absolute Gasteiger partial charge is 0.480 e. The monoisotopic (exact) mass is 775 g/mol. The molecule has 0 aliphatic rings. The average Bonchev–Trinajstić information content (AvgIpc) is 3.18. The van der Waals surface area contributed by atoms with Gasteiger partial charge in [-0.25, -0.2) is 4.79 Å². The number of carboxylic acids is 1. The Balaban J connectivity index is 4.61. The highest BCUT2D eigenvalue weighted by atomic mass is 16.5. The molecule has 0 aliphatic carbocycles. The normalized spacial score (nSPS) is 13.8. The SMILES string of the molecule is CC/C=C\C/C=C\C/C=C\C/C=C\C/C=C\CC(=O)OC(CCCC/C=C\C/C=C\C/C=C\C/C=C\CC)CCCCCCCC(=O)NC(CCCN)C(=O)O. The Morgan fingerprint density at radius 3 is 1.45 bits per heavy atom.